The van der Waals surface area contributed by atoms with Crippen LogP contribution in [0.5, 0.6) is 17.2 Å². The summed E-state index contributed by atoms with van der Waals surface area (Å²) in [4.78, 5) is 32.1. The largest absolute Gasteiger partial charge is 0.496 e. The number of ether oxygens (including phenoxy) is 4. The van der Waals surface area contributed by atoms with Gasteiger partial charge in [0.05, 0.1) is 53.2 Å². The zero-order chi connectivity index (χ0) is 27.6. The summed E-state index contributed by atoms with van der Waals surface area (Å²) in [6, 6.07) is 10.2. The SMILES string of the molecule is CCOC(=O)C1=C(C)N=c2s/c(=C\c3ccc(OC)c(Br)c3)c(=O)n2[C@H]1c1ccc(OC(C)C)c(OC)c1. The van der Waals surface area contributed by atoms with Gasteiger partial charge in [-0.05, 0) is 85.1 Å². The van der Waals surface area contributed by atoms with Crippen LogP contribution in [0.4, 0.5) is 0 Å². The number of rotatable bonds is 8. The van der Waals surface area contributed by atoms with Crippen LogP contribution in [0.3, 0.4) is 0 Å². The van der Waals surface area contributed by atoms with Gasteiger partial charge in [-0.1, -0.05) is 23.5 Å². The second kappa shape index (κ2) is 11.6. The summed E-state index contributed by atoms with van der Waals surface area (Å²) in [5, 5.41) is 0. The normalized spacial score (nSPS) is 15.3. The first-order chi connectivity index (χ1) is 18.2. The van der Waals surface area contributed by atoms with Crippen LogP contribution in [0.1, 0.15) is 44.9 Å². The van der Waals surface area contributed by atoms with Crippen molar-refractivity contribution in [3.63, 3.8) is 0 Å². The number of benzene rings is 2. The molecule has 0 N–H and O–H groups in total. The van der Waals surface area contributed by atoms with Gasteiger partial charge in [-0.2, -0.15) is 0 Å². The van der Waals surface area contributed by atoms with Crippen molar-refractivity contribution in [1.29, 1.82) is 0 Å². The minimum atomic E-state index is -0.753. The van der Waals surface area contributed by atoms with Crippen molar-refractivity contribution in [3.05, 3.63) is 83.0 Å². The summed E-state index contributed by atoms with van der Waals surface area (Å²) in [6.45, 7) is 7.55. The Kier molecular flexibility index (Phi) is 8.42. The monoisotopic (exact) mass is 600 g/mol. The molecule has 1 aromatic heterocycles. The van der Waals surface area contributed by atoms with Crippen molar-refractivity contribution in [2.75, 3.05) is 20.8 Å². The smallest absolute Gasteiger partial charge is 0.338 e. The highest BCUT2D eigenvalue weighted by Gasteiger charge is 2.34. The van der Waals surface area contributed by atoms with E-state index in [9.17, 15) is 9.59 Å². The van der Waals surface area contributed by atoms with E-state index < -0.39 is 12.0 Å². The van der Waals surface area contributed by atoms with Crippen LogP contribution in [0.2, 0.25) is 0 Å². The molecule has 8 nitrogen and oxygen atoms in total. The summed E-state index contributed by atoms with van der Waals surface area (Å²) < 4.78 is 25.0. The lowest BCUT2D eigenvalue weighted by atomic mass is 9.95. The second-order valence-electron chi connectivity index (χ2n) is 8.77. The minimum absolute atomic E-state index is 0.0531. The van der Waals surface area contributed by atoms with Crippen molar-refractivity contribution in [2.24, 2.45) is 4.99 Å². The fourth-order valence-corrected chi connectivity index (χ4v) is 5.84. The third kappa shape index (κ3) is 5.42. The fourth-order valence-electron chi connectivity index (χ4n) is 4.24. The molecule has 0 bridgehead atoms. The molecule has 0 spiro atoms. The van der Waals surface area contributed by atoms with Crippen molar-refractivity contribution in [3.8, 4) is 17.2 Å². The van der Waals surface area contributed by atoms with Crippen molar-refractivity contribution >= 4 is 39.3 Å². The van der Waals surface area contributed by atoms with Crippen LogP contribution < -0.4 is 29.1 Å². The maximum absolute atomic E-state index is 13.8. The van der Waals surface area contributed by atoms with E-state index in [1.807, 2.05) is 38.1 Å². The van der Waals surface area contributed by atoms with Gasteiger partial charge in [-0.25, -0.2) is 9.79 Å². The standard InChI is InChI=1S/C28H29BrN2O6S/c1-7-36-27(33)24-16(4)30-28-31(25(24)18-9-11-21(37-15(2)3)22(14-18)35-6)26(32)23(38-28)13-17-8-10-20(34-5)19(29)12-17/h8-15,25H,7H2,1-6H3/b23-13-/t25-/m0/s1. The number of esters is 1. The molecule has 4 rings (SSSR count). The van der Waals surface area contributed by atoms with E-state index in [1.54, 1.807) is 50.8 Å². The molecule has 0 fully saturated rings. The average Bonchev–Trinajstić information content (AvgIpc) is 3.17. The number of nitrogens with zero attached hydrogens (tertiary/aromatic N) is 2. The van der Waals surface area contributed by atoms with E-state index in [1.165, 1.54) is 11.3 Å². The van der Waals surface area contributed by atoms with Crippen molar-refractivity contribution in [1.82, 2.24) is 4.57 Å². The van der Waals surface area contributed by atoms with E-state index in [4.69, 9.17) is 18.9 Å². The lowest BCUT2D eigenvalue weighted by Crippen LogP contribution is -2.40. The lowest BCUT2D eigenvalue weighted by molar-refractivity contribution is -0.139. The van der Waals surface area contributed by atoms with Crippen LogP contribution in [-0.2, 0) is 9.53 Å². The Balaban J connectivity index is 1.93. The Morgan fingerprint density at radius 1 is 1.13 bits per heavy atom. The van der Waals surface area contributed by atoms with E-state index in [0.717, 1.165) is 10.0 Å². The van der Waals surface area contributed by atoms with Crippen LogP contribution in [-0.4, -0.2) is 37.5 Å². The zero-order valence-corrected chi connectivity index (χ0v) is 24.4. The van der Waals surface area contributed by atoms with Gasteiger partial charge in [0.15, 0.2) is 16.3 Å². The number of hydrogen-bond donors (Lipinski definition) is 0. The molecule has 0 saturated carbocycles. The number of methoxy groups -OCH3 is 2. The Bertz CT molecular complexity index is 1590. The van der Waals surface area contributed by atoms with Gasteiger partial charge in [0.2, 0.25) is 0 Å². The maximum atomic E-state index is 13.8. The highest BCUT2D eigenvalue weighted by Crippen LogP contribution is 2.36. The molecule has 1 aliphatic heterocycles. The number of thiazole rings is 1. The number of allylic oxidation sites excluding steroid dienone is 1. The van der Waals surface area contributed by atoms with Crippen LogP contribution in [0.25, 0.3) is 6.08 Å². The van der Waals surface area contributed by atoms with Crippen LogP contribution in [0, 0.1) is 0 Å². The molecule has 0 amide bonds. The summed E-state index contributed by atoms with van der Waals surface area (Å²) in [6.07, 6.45) is 1.75. The first kappa shape index (κ1) is 27.7. The molecule has 38 heavy (non-hydrogen) atoms. The van der Waals surface area contributed by atoms with Crippen molar-refractivity contribution in [2.45, 2.75) is 39.8 Å². The molecule has 1 atom stereocenters. The Hall–Kier alpha value is -3.37. The molecule has 1 aliphatic rings. The van der Waals surface area contributed by atoms with Crippen LogP contribution >= 0.6 is 27.3 Å². The van der Waals surface area contributed by atoms with E-state index >= 15 is 0 Å². The third-order valence-electron chi connectivity index (χ3n) is 5.86. The van der Waals surface area contributed by atoms with Gasteiger partial charge >= 0.3 is 5.97 Å². The van der Waals surface area contributed by atoms with E-state index in [2.05, 4.69) is 20.9 Å². The number of hydrogen-bond acceptors (Lipinski definition) is 8. The molecule has 0 unspecified atom stereocenters. The first-order valence-electron chi connectivity index (χ1n) is 12.1. The van der Waals surface area contributed by atoms with Gasteiger partial charge in [-0.3, -0.25) is 9.36 Å². The summed E-state index contributed by atoms with van der Waals surface area (Å²) in [7, 11) is 3.15. The fraction of sp³-hybridized carbons (Fsp3) is 0.321. The number of carbonyl (C=O) groups excluding carboxylic acids is 1. The molecule has 2 heterocycles. The van der Waals surface area contributed by atoms with Gasteiger partial charge in [0.25, 0.3) is 5.56 Å². The number of aromatic nitrogens is 1. The maximum Gasteiger partial charge on any atom is 0.338 e. The topological polar surface area (TPSA) is 88.4 Å². The van der Waals surface area contributed by atoms with Crippen molar-refractivity contribution < 1.29 is 23.7 Å². The third-order valence-corrected chi connectivity index (χ3v) is 7.46. The molecule has 10 heteroatoms. The molecule has 200 valence electrons. The van der Waals surface area contributed by atoms with Gasteiger partial charge in [-0.15, -0.1) is 0 Å². The Morgan fingerprint density at radius 3 is 2.47 bits per heavy atom. The highest BCUT2D eigenvalue weighted by atomic mass is 79.9. The van der Waals surface area contributed by atoms with Gasteiger partial charge < -0.3 is 18.9 Å². The summed E-state index contributed by atoms with van der Waals surface area (Å²) in [5.41, 5.74) is 2.03. The minimum Gasteiger partial charge on any atom is -0.496 e. The molecular formula is C28H29BrN2O6S. The molecule has 2 aromatic carbocycles. The molecular weight excluding hydrogens is 572 g/mol. The molecule has 0 saturated heterocycles. The molecule has 3 aromatic rings. The predicted octanol–water partition coefficient (Wildman–Crippen LogP) is 4.37. The quantitative estimate of drug-likeness (QED) is 0.357. The van der Waals surface area contributed by atoms with Gasteiger partial charge in [0, 0.05) is 0 Å². The van der Waals surface area contributed by atoms with Crippen LogP contribution in [0.15, 0.2) is 61.9 Å². The summed E-state index contributed by atoms with van der Waals surface area (Å²) in [5.74, 6) is 1.24. The Labute approximate surface area is 233 Å². The first-order valence-corrected chi connectivity index (χ1v) is 13.7. The number of halogens is 1. The predicted molar refractivity (Wildman–Crippen MR) is 150 cm³/mol. The number of fused-ring (bicyclic) bond motifs is 1. The van der Waals surface area contributed by atoms with E-state index in [-0.39, 0.29) is 18.3 Å². The second-order valence-corrected chi connectivity index (χ2v) is 10.6. The molecule has 0 radical (unpaired) electrons. The summed E-state index contributed by atoms with van der Waals surface area (Å²) >= 11 is 4.76. The molecule has 0 aliphatic carbocycles. The average molecular weight is 602 g/mol. The zero-order valence-electron chi connectivity index (χ0n) is 22.0. The van der Waals surface area contributed by atoms with Gasteiger partial charge in [0.1, 0.15) is 5.75 Å². The van der Waals surface area contributed by atoms with E-state index in [0.29, 0.717) is 43.4 Å². The Morgan fingerprint density at radius 2 is 1.84 bits per heavy atom. The number of carbonyl (C=O) groups is 1. The highest BCUT2D eigenvalue weighted by molar-refractivity contribution is 9.10. The lowest BCUT2D eigenvalue weighted by Gasteiger charge is -2.25.